The molecule has 2 aliphatic rings. The number of ether oxygens (including phenoxy) is 1. The van der Waals surface area contributed by atoms with E-state index in [4.69, 9.17) is 4.74 Å². The molecule has 1 aliphatic carbocycles. The lowest BCUT2D eigenvalue weighted by Crippen LogP contribution is -2.48. The fourth-order valence-corrected chi connectivity index (χ4v) is 4.36. The van der Waals surface area contributed by atoms with Gasteiger partial charge >= 0.3 is 5.97 Å². The summed E-state index contributed by atoms with van der Waals surface area (Å²) in [7, 11) is 1.47. The Morgan fingerprint density at radius 1 is 1.36 bits per heavy atom. The van der Waals surface area contributed by atoms with Gasteiger partial charge in [-0.1, -0.05) is 36.8 Å². The maximum absolute atomic E-state index is 12.4. The first-order valence-electron chi connectivity index (χ1n) is 8.18. The van der Waals surface area contributed by atoms with Gasteiger partial charge in [0.15, 0.2) is 0 Å². The van der Waals surface area contributed by atoms with Gasteiger partial charge in [0.2, 0.25) is 0 Å². The fraction of sp³-hybridized carbons (Fsp3) is 0.611. The number of rotatable bonds is 3. The lowest BCUT2D eigenvalue weighted by molar-refractivity contribution is -0.151. The molecule has 1 N–H and O–H groups in total. The monoisotopic (exact) mass is 303 g/mol. The Bertz CT molecular complexity index is 518. The Balaban J connectivity index is 1.83. The minimum absolute atomic E-state index is 0.112. The highest BCUT2D eigenvalue weighted by molar-refractivity contribution is 5.77. The summed E-state index contributed by atoms with van der Waals surface area (Å²) in [6.45, 7) is 1.65. The molecule has 4 nitrogen and oxygen atoms in total. The molecule has 1 saturated heterocycles. The smallest absolute Gasteiger partial charge is 0.323 e. The normalized spacial score (nSPS) is 32.3. The number of nitrogens with zero attached hydrogens (tertiary/aromatic N) is 1. The average molecular weight is 303 g/mol. The summed E-state index contributed by atoms with van der Waals surface area (Å²) in [5.74, 6) is -0.150. The third-order valence-corrected chi connectivity index (χ3v) is 5.35. The molecule has 2 fully saturated rings. The van der Waals surface area contributed by atoms with Crippen LogP contribution in [0.2, 0.25) is 0 Å². The standard InChI is InChI=1S/C18H25NO3/c1-22-17(21)16-18(9-5-8-15(20)12-18)10-11-19(16)13-14-6-3-2-4-7-14/h2-4,6-7,15-16,20H,5,8-13H2,1H3. The quantitative estimate of drug-likeness (QED) is 0.871. The van der Waals surface area contributed by atoms with Crippen molar-refractivity contribution >= 4 is 5.97 Å². The first kappa shape index (κ1) is 15.5. The molecule has 22 heavy (non-hydrogen) atoms. The summed E-state index contributed by atoms with van der Waals surface area (Å²) in [6, 6.07) is 10.0. The molecular formula is C18H25NO3. The molecule has 0 radical (unpaired) electrons. The number of benzene rings is 1. The molecule has 4 heteroatoms. The number of aliphatic hydroxyl groups excluding tert-OH is 1. The summed E-state index contributed by atoms with van der Waals surface area (Å²) < 4.78 is 5.10. The Morgan fingerprint density at radius 3 is 2.82 bits per heavy atom. The van der Waals surface area contributed by atoms with Crippen LogP contribution in [-0.2, 0) is 16.1 Å². The zero-order valence-electron chi connectivity index (χ0n) is 13.2. The number of esters is 1. The van der Waals surface area contributed by atoms with Gasteiger partial charge in [0, 0.05) is 12.0 Å². The average Bonchev–Trinajstić information content (AvgIpc) is 2.85. The molecule has 3 atom stereocenters. The van der Waals surface area contributed by atoms with Crippen LogP contribution in [0.15, 0.2) is 30.3 Å². The van der Waals surface area contributed by atoms with Gasteiger partial charge in [-0.3, -0.25) is 9.69 Å². The maximum atomic E-state index is 12.4. The molecule has 1 heterocycles. The van der Waals surface area contributed by atoms with Crippen molar-refractivity contribution in [3.63, 3.8) is 0 Å². The third-order valence-electron chi connectivity index (χ3n) is 5.35. The zero-order valence-corrected chi connectivity index (χ0v) is 13.2. The Labute approximate surface area is 132 Å². The number of likely N-dealkylation sites (tertiary alicyclic amines) is 1. The van der Waals surface area contributed by atoms with Crippen molar-refractivity contribution in [1.29, 1.82) is 0 Å². The predicted octanol–water partition coefficient (Wildman–Crippen LogP) is 2.36. The summed E-state index contributed by atoms with van der Waals surface area (Å²) in [4.78, 5) is 14.7. The van der Waals surface area contributed by atoms with E-state index in [1.807, 2.05) is 18.2 Å². The van der Waals surface area contributed by atoms with E-state index < -0.39 is 0 Å². The molecule has 1 saturated carbocycles. The van der Waals surface area contributed by atoms with Gasteiger partial charge in [-0.05, 0) is 37.8 Å². The number of methoxy groups -OCH3 is 1. The van der Waals surface area contributed by atoms with Gasteiger partial charge in [-0.2, -0.15) is 0 Å². The summed E-state index contributed by atoms with van der Waals surface area (Å²) in [5.41, 5.74) is 1.10. The molecule has 1 spiro atoms. The number of hydrogen-bond acceptors (Lipinski definition) is 4. The molecule has 0 bridgehead atoms. The Kier molecular flexibility index (Phi) is 4.50. The maximum Gasteiger partial charge on any atom is 0.323 e. The molecule has 3 rings (SSSR count). The van der Waals surface area contributed by atoms with Crippen molar-refractivity contribution in [3.8, 4) is 0 Å². The van der Waals surface area contributed by atoms with Gasteiger partial charge in [0.25, 0.3) is 0 Å². The van der Waals surface area contributed by atoms with Gasteiger partial charge in [0.1, 0.15) is 6.04 Å². The van der Waals surface area contributed by atoms with Crippen molar-refractivity contribution in [2.45, 2.75) is 50.8 Å². The highest BCUT2D eigenvalue weighted by Crippen LogP contribution is 2.49. The molecule has 0 amide bonds. The van der Waals surface area contributed by atoms with Gasteiger partial charge < -0.3 is 9.84 Å². The van der Waals surface area contributed by atoms with Crippen LogP contribution in [0.5, 0.6) is 0 Å². The zero-order chi connectivity index (χ0) is 15.6. The van der Waals surface area contributed by atoms with Crippen molar-refractivity contribution in [3.05, 3.63) is 35.9 Å². The second-order valence-electron chi connectivity index (χ2n) is 6.74. The number of aliphatic hydroxyl groups is 1. The second-order valence-corrected chi connectivity index (χ2v) is 6.74. The lowest BCUT2D eigenvalue weighted by Gasteiger charge is -2.41. The summed E-state index contributed by atoms with van der Waals surface area (Å²) in [6.07, 6.45) is 4.27. The van der Waals surface area contributed by atoms with Gasteiger partial charge in [0.05, 0.1) is 13.2 Å². The predicted molar refractivity (Wildman–Crippen MR) is 84.2 cm³/mol. The van der Waals surface area contributed by atoms with E-state index in [2.05, 4.69) is 17.0 Å². The van der Waals surface area contributed by atoms with E-state index in [1.165, 1.54) is 12.7 Å². The minimum atomic E-state index is -0.280. The van der Waals surface area contributed by atoms with Crippen LogP contribution in [0.4, 0.5) is 0 Å². The number of carbonyl (C=O) groups is 1. The van der Waals surface area contributed by atoms with Gasteiger partial charge in [-0.15, -0.1) is 0 Å². The SMILES string of the molecule is COC(=O)C1N(Cc2ccccc2)CCC12CCCC(O)C2. The molecule has 120 valence electrons. The van der Waals surface area contributed by atoms with E-state index in [0.29, 0.717) is 0 Å². The first-order valence-corrected chi connectivity index (χ1v) is 8.18. The van der Waals surface area contributed by atoms with Crippen molar-refractivity contribution in [2.75, 3.05) is 13.7 Å². The molecule has 1 aliphatic heterocycles. The third kappa shape index (κ3) is 2.90. The minimum Gasteiger partial charge on any atom is -0.468 e. The Hall–Kier alpha value is -1.39. The molecule has 0 aromatic heterocycles. The largest absolute Gasteiger partial charge is 0.468 e. The first-order chi connectivity index (χ1) is 10.6. The second kappa shape index (κ2) is 6.39. The van der Waals surface area contributed by atoms with Crippen molar-refractivity contribution in [1.82, 2.24) is 4.90 Å². The molecule has 1 aromatic carbocycles. The van der Waals surface area contributed by atoms with Crippen molar-refractivity contribution in [2.24, 2.45) is 5.41 Å². The summed E-state index contributed by atoms with van der Waals surface area (Å²) >= 11 is 0. The number of hydrogen-bond donors (Lipinski definition) is 1. The van der Waals surface area contributed by atoms with E-state index in [1.54, 1.807) is 0 Å². The van der Waals surface area contributed by atoms with Crippen molar-refractivity contribution < 1.29 is 14.6 Å². The van der Waals surface area contributed by atoms with Crippen LogP contribution >= 0.6 is 0 Å². The Morgan fingerprint density at radius 2 is 2.14 bits per heavy atom. The molecule has 1 aromatic rings. The van der Waals surface area contributed by atoms with E-state index in [0.717, 1.165) is 45.2 Å². The summed E-state index contributed by atoms with van der Waals surface area (Å²) in [5, 5.41) is 10.1. The highest BCUT2D eigenvalue weighted by Gasteiger charge is 2.53. The van der Waals surface area contributed by atoms with Crippen LogP contribution in [0, 0.1) is 5.41 Å². The van der Waals surface area contributed by atoms with E-state index in [9.17, 15) is 9.90 Å². The number of carbonyl (C=O) groups excluding carboxylic acids is 1. The van der Waals surface area contributed by atoms with Crippen LogP contribution < -0.4 is 0 Å². The fourth-order valence-electron chi connectivity index (χ4n) is 4.36. The highest BCUT2D eigenvalue weighted by atomic mass is 16.5. The topological polar surface area (TPSA) is 49.8 Å². The van der Waals surface area contributed by atoms with Crippen LogP contribution in [-0.4, -0.2) is 41.8 Å². The van der Waals surface area contributed by atoms with Crippen LogP contribution in [0.1, 0.15) is 37.7 Å². The van der Waals surface area contributed by atoms with Gasteiger partial charge in [-0.25, -0.2) is 0 Å². The van der Waals surface area contributed by atoms with Crippen LogP contribution in [0.3, 0.4) is 0 Å². The molecular weight excluding hydrogens is 278 g/mol. The molecule has 3 unspecified atom stereocenters. The van der Waals surface area contributed by atoms with E-state index in [-0.39, 0.29) is 23.5 Å². The lowest BCUT2D eigenvalue weighted by atomic mass is 9.68. The van der Waals surface area contributed by atoms with E-state index >= 15 is 0 Å². The van der Waals surface area contributed by atoms with Crippen LogP contribution in [0.25, 0.3) is 0 Å².